The molecule has 0 fully saturated rings. The number of rotatable bonds is 4. The smallest absolute Gasteiger partial charge is 0.340 e. The molecule has 0 spiro atoms. The minimum atomic E-state index is -0.489. The van der Waals surface area contributed by atoms with Crippen molar-refractivity contribution in [2.45, 2.75) is 6.92 Å². The largest absolute Gasteiger partial charge is 0.397 e. The number of nitrogens with two attached hydrogens (primary N) is 2. The predicted molar refractivity (Wildman–Crippen MR) is 125 cm³/mol. The Morgan fingerprint density at radius 1 is 1.06 bits per heavy atom. The third-order valence-corrected chi connectivity index (χ3v) is 4.73. The number of amides is 2. The van der Waals surface area contributed by atoms with Crippen LogP contribution in [0.3, 0.4) is 0 Å². The van der Waals surface area contributed by atoms with Gasteiger partial charge >= 0.3 is 6.03 Å². The summed E-state index contributed by atoms with van der Waals surface area (Å²) >= 11 is 0. The molecule has 1 aromatic heterocycles. The number of hydrogen-bond donors (Lipinski definition) is 2. The molecule has 9 nitrogen and oxygen atoms in total. The maximum atomic E-state index is 14.1. The fourth-order valence-corrected chi connectivity index (χ4v) is 3.54. The summed E-state index contributed by atoms with van der Waals surface area (Å²) in [5.41, 5.74) is 15.9. The number of anilines is 5. The van der Waals surface area contributed by atoms with Gasteiger partial charge in [0.15, 0.2) is 11.6 Å². The lowest BCUT2D eigenvalue weighted by molar-refractivity contribution is 0.255. The summed E-state index contributed by atoms with van der Waals surface area (Å²) in [4.78, 5) is 33.5. The highest BCUT2D eigenvalue weighted by Crippen LogP contribution is 2.49. The van der Waals surface area contributed by atoms with E-state index in [0.29, 0.717) is 34.1 Å². The van der Waals surface area contributed by atoms with Crippen LogP contribution in [0.4, 0.5) is 33.4 Å². The van der Waals surface area contributed by atoms with Gasteiger partial charge in [-0.3, -0.25) is 9.98 Å². The van der Waals surface area contributed by atoms with Crippen molar-refractivity contribution in [3.8, 4) is 11.1 Å². The maximum Gasteiger partial charge on any atom is 0.340 e. The van der Waals surface area contributed by atoms with E-state index in [1.807, 2.05) is 24.3 Å². The number of benzene rings is 2. The fraction of sp³-hybridized carbons (Fsp3) is 0.0455. The molecule has 3 aromatic rings. The average molecular weight is 412 g/mol. The molecule has 154 valence electrons. The number of urea groups is 1. The van der Waals surface area contributed by atoms with E-state index in [2.05, 4.69) is 26.7 Å². The first-order chi connectivity index (χ1) is 15.1. The van der Waals surface area contributed by atoms with Gasteiger partial charge in [0.1, 0.15) is 0 Å². The van der Waals surface area contributed by atoms with Crippen LogP contribution in [0.2, 0.25) is 0 Å². The van der Waals surface area contributed by atoms with E-state index in [1.54, 1.807) is 25.3 Å². The van der Waals surface area contributed by atoms with E-state index in [0.717, 1.165) is 5.56 Å². The van der Waals surface area contributed by atoms with Gasteiger partial charge in [-0.05, 0) is 25.8 Å². The first kappa shape index (κ1) is 19.8. The van der Waals surface area contributed by atoms with Crippen LogP contribution in [0.15, 0.2) is 77.0 Å². The fourth-order valence-electron chi connectivity index (χ4n) is 3.54. The van der Waals surface area contributed by atoms with E-state index < -0.39 is 6.03 Å². The summed E-state index contributed by atoms with van der Waals surface area (Å²) in [6.45, 7) is 5.25. The van der Waals surface area contributed by atoms with Gasteiger partial charge in [0.25, 0.3) is 0 Å². The molecule has 0 radical (unpaired) electrons. The molecule has 0 unspecified atom stereocenters. The van der Waals surface area contributed by atoms with E-state index in [9.17, 15) is 4.79 Å². The average Bonchev–Trinajstić information content (AvgIpc) is 2.88. The van der Waals surface area contributed by atoms with Crippen molar-refractivity contribution in [2.75, 3.05) is 21.3 Å². The molecular formula is C22H20N8O. The Bertz CT molecular complexity index is 1220. The monoisotopic (exact) mass is 412 g/mol. The number of fused-ring (bicyclic) bond motifs is 3. The van der Waals surface area contributed by atoms with Gasteiger partial charge in [-0.25, -0.2) is 24.6 Å². The third-order valence-electron chi connectivity index (χ3n) is 4.73. The van der Waals surface area contributed by atoms with Crippen molar-refractivity contribution in [2.24, 2.45) is 9.98 Å². The summed E-state index contributed by atoms with van der Waals surface area (Å²) in [7, 11) is 0. The molecule has 1 aliphatic heterocycles. The molecule has 31 heavy (non-hydrogen) atoms. The molecule has 9 heteroatoms. The van der Waals surface area contributed by atoms with Gasteiger partial charge in [-0.15, -0.1) is 0 Å². The van der Waals surface area contributed by atoms with Crippen molar-refractivity contribution in [3.05, 3.63) is 67.0 Å². The normalized spacial score (nSPS) is 13.7. The number of hydrogen-bond acceptors (Lipinski definition) is 7. The van der Waals surface area contributed by atoms with Crippen LogP contribution >= 0.6 is 0 Å². The summed E-state index contributed by atoms with van der Waals surface area (Å²) in [6.07, 6.45) is 7.47. The molecule has 0 atom stereocenters. The zero-order valence-electron chi connectivity index (χ0n) is 16.8. The van der Waals surface area contributed by atoms with Crippen molar-refractivity contribution >= 4 is 47.5 Å². The van der Waals surface area contributed by atoms with E-state index in [1.165, 1.54) is 34.6 Å². The number of nitrogen functional groups attached to an aromatic ring is 2. The number of aromatic nitrogens is 2. The number of nitrogens with zero attached hydrogens (tertiary/aromatic N) is 6. The quantitative estimate of drug-likeness (QED) is 0.495. The highest BCUT2D eigenvalue weighted by molar-refractivity contribution is 6.19. The second-order valence-corrected chi connectivity index (χ2v) is 6.56. The summed E-state index contributed by atoms with van der Waals surface area (Å²) in [6, 6.07) is 10.3. The van der Waals surface area contributed by atoms with Crippen LogP contribution in [-0.2, 0) is 0 Å². The lowest BCUT2D eigenvalue weighted by Crippen LogP contribution is -2.40. The topological polar surface area (TPSA) is 126 Å². The van der Waals surface area contributed by atoms with Crippen molar-refractivity contribution in [1.82, 2.24) is 9.97 Å². The molecule has 4 N–H and O–H groups in total. The molecule has 0 bridgehead atoms. The third kappa shape index (κ3) is 3.27. The minimum Gasteiger partial charge on any atom is -0.397 e. The Morgan fingerprint density at radius 2 is 1.74 bits per heavy atom. The molecule has 0 saturated carbocycles. The lowest BCUT2D eigenvalue weighted by Gasteiger charge is -2.29. The molecule has 2 amide bonds. The highest BCUT2D eigenvalue weighted by Gasteiger charge is 2.37. The SMILES string of the molecule is C=N/C=C(\N=CC)N1C(=O)N(c2cnccn2)c2c(N)cccc2-c2cccc(N)c21. The molecule has 2 heterocycles. The predicted octanol–water partition coefficient (Wildman–Crippen LogP) is 3.98. The summed E-state index contributed by atoms with van der Waals surface area (Å²) < 4.78 is 0. The molecule has 0 saturated heterocycles. The first-order valence-electron chi connectivity index (χ1n) is 9.40. The van der Waals surface area contributed by atoms with E-state index in [4.69, 9.17) is 11.5 Å². The van der Waals surface area contributed by atoms with Crippen LogP contribution in [-0.4, -0.2) is 28.9 Å². The second-order valence-electron chi connectivity index (χ2n) is 6.56. The summed E-state index contributed by atoms with van der Waals surface area (Å²) in [5, 5.41) is 0. The van der Waals surface area contributed by atoms with Gasteiger partial charge in [0.05, 0.1) is 35.1 Å². The molecule has 2 aromatic carbocycles. The van der Waals surface area contributed by atoms with Crippen LogP contribution in [0.5, 0.6) is 0 Å². The Morgan fingerprint density at radius 3 is 2.35 bits per heavy atom. The second kappa shape index (κ2) is 8.07. The maximum absolute atomic E-state index is 14.1. The molecule has 1 aliphatic rings. The Kier molecular flexibility index (Phi) is 5.15. The van der Waals surface area contributed by atoms with E-state index in [-0.39, 0.29) is 5.82 Å². The first-order valence-corrected chi connectivity index (χ1v) is 9.40. The molecule has 4 rings (SSSR count). The summed E-state index contributed by atoms with van der Waals surface area (Å²) in [5.74, 6) is 0.538. The van der Waals surface area contributed by atoms with Crippen molar-refractivity contribution < 1.29 is 4.79 Å². The number of carbonyl (C=O) groups excluding carboxylic acids is 1. The van der Waals surface area contributed by atoms with Crippen molar-refractivity contribution in [1.29, 1.82) is 0 Å². The number of aliphatic imine (C=N–C) groups is 2. The standard InChI is InChI=1S/C22H20N8O/c1-3-27-18(12-25-2)29-20-14(6-4-8-16(20)23)15-7-5-9-17(24)21(15)30(22(29)31)19-13-26-10-11-28-19/h3-13H,2,23-24H2,1H3/b18-12+,27-3?. The van der Waals surface area contributed by atoms with Crippen molar-refractivity contribution in [3.63, 3.8) is 0 Å². The zero-order valence-corrected chi connectivity index (χ0v) is 16.8. The van der Waals surface area contributed by atoms with Gasteiger partial charge in [0, 0.05) is 29.7 Å². The Hall–Kier alpha value is -4.53. The van der Waals surface area contributed by atoms with Crippen LogP contribution in [0.25, 0.3) is 11.1 Å². The molecular weight excluding hydrogens is 392 g/mol. The zero-order chi connectivity index (χ0) is 22.0. The van der Waals surface area contributed by atoms with Crippen LogP contribution in [0.1, 0.15) is 6.92 Å². The number of para-hydroxylation sites is 2. The van der Waals surface area contributed by atoms with Crippen LogP contribution in [0, 0.1) is 0 Å². The van der Waals surface area contributed by atoms with Gasteiger partial charge in [-0.1, -0.05) is 24.3 Å². The Balaban J connectivity index is 2.13. The van der Waals surface area contributed by atoms with Gasteiger partial charge < -0.3 is 11.5 Å². The van der Waals surface area contributed by atoms with Gasteiger partial charge in [-0.2, -0.15) is 0 Å². The van der Waals surface area contributed by atoms with E-state index >= 15 is 0 Å². The highest BCUT2D eigenvalue weighted by atomic mass is 16.2. The lowest BCUT2D eigenvalue weighted by atomic mass is 9.99. The van der Waals surface area contributed by atoms with Crippen LogP contribution < -0.4 is 21.3 Å². The molecule has 0 aliphatic carbocycles. The Labute approximate surface area is 179 Å². The van der Waals surface area contributed by atoms with Gasteiger partial charge in [0.2, 0.25) is 0 Å². The number of carbonyl (C=O) groups is 1. The minimum absolute atomic E-state index is 0.238.